The molecular weight excluding hydrogens is 526 g/mol. The van der Waals surface area contributed by atoms with E-state index in [9.17, 15) is 23.2 Å². The molecule has 1 aliphatic heterocycles. The third-order valence-electron chi connectivity index (χ3n) is 13.8. The van der Waals surface area contributed by atoms with Crippen molar-refractivity contribution < 1.29 is 27.9 Å². The first kappa shape index (κ1) is 29.0. The van der Waals surface area contributed by atoms with Crippen molar-refractivity contribution in [2.45, 2.75) is 117 Å². The molecule has 1 heterocycles. The largest absolute Gasteiger partial charge is 0.424 e. The van der Waals surface area contributed by atoms with Gasteiger partial charge in [-0.1, -0.05) is 54.0 Å². The first-order valence-corrected chi connectivity index (χ1v) is 15.4. The molecule has 5 aliphatic carbocycles. The fourth-order valence-corrected chi connectivity index (χ4v) is 11.2. The van der Waals surface area contributed by atoms with Crippen LogP contribution in [0.3, 0.4) is 0 Å². The van der Waals surface area contributed by atoms with Gasteiger partial charge in [-0.25, -0.2) is 6.57 Å². The van der Waals surface area contributed by atoms with E-state index >= 15 is 0 Å². The van der Waals surface area contributed by atoms with Crippen LogP contribution in [0.2, 0.25) is 0 Å². The Kier molecular flexibility index (Phi) is 5.70. The maximum Gasteiger partial charge on any atom is 0.424 e. The summed E-state index contributed by atoms with van der Waals surface area (Å²) in [5, 5.41) is 2.82. The molecule has 224 valence electrons. The van der Waals surface area contributed by atoms with Crippen LogP contribution in [-0.4, -0.2) is 40.8 Å². The van der Waals surface area contributed by atoms with Crippen LogP contribution in [-0.2, 0) is 19.1 Å². The van der Waals surface area contributed by atoms with Gasteiger partial charge in [0.1, 0.15) is 0 Å². The van der Waals surface area contributed by atoms with Crippen LogP contribution in [0.1, 0.15) is 93.9 Å². The van der Waals surface area contributed by atoms with Crippen LogP contribution in [0.5, 0.6) is 0 Å². The number of hydrogen-bond donors (Lipinski definition) is 1. The van der Waals surface area contributed by atoms with Gasteiger partial charge in [0, 0.05) is 29.2 Å². The van der Waals surface area contributed by atoms with E-state index in [1.165, 1.54) is 0 Å². The number of amides is 1. The number of fused-ring (bicyclic) bond motifs is 9. The Morgan fingerprint density at radius 3 is 2.34 bits per heavy atom. The number of carbonyl (C=O) groups excluding carboxylic acids is 3. The molecule has 1 unspecified atom stereocenters. The standard InChI is InChI=1S/C33H44F2N2O4/c1-17-10-13-32(37-26(40)31(8,34)35)15-14-29(6)23(22(32)18(17)2)19(38)16-21-28(29,5)12-11-20-27(3,4)24(39)33(36-9)25(41-33)30(20,21)7/h16-18,20,22-23,25H,10-15H2,1-8H3,(H,37,40)/t17-,18+,20+,22+,23-,25?,28-,29-,30+,32+,33+/m1/s1. The first-order valence-electron chi connectivity index (χ1n) is 15.4. The van der Waals surface area contributed by atoms with E-state index in [0.717, 1.165) is 24.8 Å². The summed E-state index contributed by atoms with van der Waals surface area (Å²) in [7, 11) is 0. The molecule has 0 aromatic rings. The van der Waals surface area contributed by atoms with Gasteiger partial charge >= 0.3 is 11.6 Å². The minimum Gasteiger partial charge on any atom is -0.345 e. The normalized spacial score (nSPS) is 51.5. The summed E-state index contributed by atoms with van der Waals surface area (Å²) in [6.45, 7) is 23.2. The fraction of sp³-hybridized carbons (Fsp3) is 0.818. The van der Waals surface area contributed by atoms with Gasteiger partial charge < -0.3 is 5.32 Å². The number of nitrogens with one attached hydrogen (secondary N) is 1. The van der Waals surface area contributed by atoms with E-state index in [1.54, 1.807) is 6.08 Å². The van der Waals surface area contributed by atoms with Crippen LogP contribution in [0.25, 0.3) is 4.85 Å². The summed E-state index contributed by atoms with van der Waals surface area (Å²) in [4.78, 5) is 44.6. The Balaban J connectivity index is 1.50. The number of Topliss-reactive ketones (excluding diaryl/α,β-unsaturated/α-hetero) is 1. The van der Waals surface area contributed by atoms with E-state index in [2.05, 4.69) is 44.8 Å². The summed E-state index contributed by atoms with van der Waals surface area (Å²) in [6, 6.07) is 0. The minimum absolute atomic E-state index is 0.0156. The van der Waals surface area contributed by atoms with Gasteiger partial charge in [-0.2, -0.15) is 8.78 Å². The van der Waals surface area contributed by atoms with E-state index in [4.69, 9.17) is 11.3 Å². The van der Waals surface area contributed by atoms with Crippen molar-refractivity contribution in [3.05, 3.63) is 23.1 Å². The molecule has 1 N–H and O–H groups in total. The number of rotatable bonds is 2. The molecule has 6 rings (SSSR count). The monoisotopic (exact) mass is 570 g/mol. The van der Waals surface area contributed by atoms with Gasteiger partial charge in [-0.3, -0.25) is 24.0 Å². The van der Waals surface area contributed by atoms with Crippen LogP contribution in [0.15, 0.2) is 11.6 Å². The third kappa shape index (κ3) is 3.23. The lowest BCUT2D eigenvalue weighted by Crippen LogP contribution is -2.72. The van der Waals surface area contributed by atoms with Gasteiger partial charge in [0.25, 0.3) is 11.7 Å². The van der Waals surface area contributed by atoms with Gasteiger partial charge in [-0.05, 0) is 79.1 Å². The predicted octanol–water partition coefficient (Wildman–Crippen LogP) is 6.15. The first-order chi connectivity index (χ1) is 18.8. The second-order valence-corrected chi connectivity index (χ2v) is 15.8. The lowest BCUT2D eigenvalue weighted by atomic mass is 9.34. The number of ether oxygens (including phenoxy) is 1. The molecule has 6 aliphatic rings. The van der Waals surface area contributed by atoms with Crippen molar-refractivity contribution >= 4 is 17.5 Å². The van der Waals surface area contributed by atoms with E-state index in [1.807, 2.05) is 13.8 Å². The van der Waals surface area contributed by atoms with Gasteiger partial charge in [-0.15, -0.1) is 0 Å². The van der Waals surface area contributed by atoms with Crippen LogP contribution < -0.4 is 5.32 Å². The Morgan fingerprint density at radius 1 is 1.07 bits per heavy atom. The number of ketones is 2. The Bertz CT molecular complexity index is 1330. The zero-order chi connectivity index (χ0) is 30.3. The average molecular weight is 571 g/mol. The number of carbonyl (C=O) groups is 3. The molecular formula is C33H44F2N2O4. The van der Waals surface area contributed by atoms with Crippen molar-refractivity contribution in [1.82, 2.24) is 5.32 Å². The zero-order valence-electron chi connectivity index (χ0n) is 25.6. The van der Waals surface area contributed by atoms with Crippen molar-refractivity contribution in [1.29, 1.82) is 0 Å². The summed E-state index contributed by atoms with van der Waals surface area (Å²) in [5.74, 6) is -5.36. The smallest absolute Gasteiger partial charge is 0.345 e. The summed E-state index contributed by atoms with van der Waals surface area (Å²) in [5.41, 5.74) is -3.69. The molecule has 0 spiro atoms. The zero-order valence-corrected chi connectivity index (χ0v) is 25.6. The van der Waals surface area contributed by atoms with E-state index in [0.29, 0.717) is 26.2 Å². The van der Waals surface area contributed by atoms with Crippen LogP contribution >= 0.6 is 0 Å². The topological polar surface area (TPSA) is 80.1 Å². The number of hydrogen-bond acceptors (Lipinski definition) is 4. The maximum absolute atomic E-state index is 14.6. The Hall–Kier alpha value is -2.14. The number of allylic oxidation sites excluding steroid dienone is 1. The number of epoxide rings is 1. The number of nitrogens with zero attached hydrogens (tertiary/aromatic N) is 1. The van der Waals surface area contributed by atoms with Crippen LogP contribution in [0, 0.1) is 57.8 Å². The number of alkyl halides is 2. The molecule has 8 heteroatoms. The van der Waals surface area contributed by atoms with E-state index in [-0.39, 0.29) is 35.2 Å². The SMILES string of the molecule is [C-]#[N+][C@@]12OC1[C@]1(C)C3=CC(=O)[C@@H]4[C@@H]5[C@@H](C)[C@H](C)CC[C@]5(NC(=O)C(C)(F)F)CC[C@@]4(C)[C@]3(C)CC[C@H]1C(C)(C)C2=O. The Labute approximate surface area is 242 Å². The van der Waals surface area contributed by atoms with Crippen LogP contribution in [0.4, 0.5) is 8.78 Å². The fourth-order valence-electron chi connectivity index (χ4n) is 11.2. The molecule has 41 heavy (non-hydrogen) atoms. The molecule has 11 atom stereocenters. The number of halogens is 2. The average Bonchev–Trinajstić information content (AvgIpc) is 3.64. The summed E-state index contributed by atoms with van der Waals surface area (Å²) < 4.78 is 34.5. The maximum atomic E-state index is 14.6. The predicted molar refractivity (Wildman–Crippen MR) is 148 cm³/mol. The quantitative estimate of drug-likeness (QED) is 0.319. The highest BCUT2D eigenvalue weighted by molar-refractivity contribution is 6.00. The van der Waals surface area contributed by atoms with Crippen molar-refractivity contribution in [3.63, 3.8) is 0 Å². The van der Waals surface area contributed by atoms with Crippen molar-refractivity contribution in [2.24, 2.45) is 51.2 Å². The molecule has 0 aromatic carbocycles. The highest BCUT2D eigenvalue weighted by Gasteiger charge is 2.87. The molecule has 0 aromatic heterocycles. The van der Waals surface area contributed by atoms with Crippen molar-refractivity contribution in [3.8, 4) is 0 Å². The Morgan fingerprint density at radius 2 is 1.73 bits per heavy atom. The second-order valence-electron chi connectivity index (χ2n) is 15.8. The molecule has 0 bridgehead atoms. The van der Waals surface area contributed by atoms with Gasteiger partial charge in [0.15, 0.2) is 11.9 Å². The highest BCUT2D eigenvalue weighted by atomic mass is 19.3. The van der Waals surface area contributed by atoms with E-state index < -0.39 is 56.8 Å². The molecule has 5 fully saturated rings. The van der Waals surface area contributed by atoms with Crippen molar-refractivity contribution in [2.75, 3.05) is 0 Å². The summed E-state index contributed by atoms with van der Waals surface area (Å²) >= 11 is 0. The van der Waals surface area contributed by atoms with Gasteiger partial charge in [0.2, 0.25) is 0 Å². The third-order valence-corrected chi connectivity index (χ3v) is 13.8. The minimum atomic E-state index is -3.50. The summed E-state index contributed by atoms with van der Waals surface area (Å²) in [6.07, 6.45) is 5.33. The highest BCUT2D eigenvalue weighted by Crippen LogP contribution is 2.77. The molecule has 6 nitrogen and oxygen atoms in total. The lowest BCUT2D eigenvalue weighted by Gasteiger charge is -2.69. The second kappa shape index (κ2) is 8.07. The molecule has 1 saturated heterocycles. The lowest BCUT2D eigenvalue weighted by molar-refractivity contribution is -0.175. The molecule has 1 amide bonds. The van der Waals surface area contributed by atoms with Gasteiger partial charge in [0.05, 0.1) is 0 Å². The molecule has 0 radical (unpaired) electrons. The molecule has 4 saturated carbocycles.